The fourth-order valence-electron chi connectivity index (χ4n) is 5.38. The Morgan fingerprint density at radius 1 is 1.16 bits per heavy atom. The Labute approximate surface area is 223 Å². The number of carboxylic acid groups (broad SMARTS) is 1. The van der Waals surface area contributed by atoms with Gasteiger partial charge in [0.25, 0.3) is 0 Å². The Kier molecular flexibility index (Phi) is 10.2. The number of hydrogen-bond donors (Lipinski definition) is 2. The summed E-state index contributed by atoms with van der Waals surface area (Å²) < 4.78 is 5.37. The number of carbonyl (C=O) groups is 1. The lowest BCUT2D eigenvalue weighted by molar-refractivity contribution is -0.137. The first-order chi connectivity index (χ1) is 18.0. The summed E-state index contributed by atoms with van der Waals surface area (Å²) in [7, 11) is 1.64. The van der Waals surface area contributed by atoms with E-state index in [1.165, 1.54) is 4.90 Å². The van der Waals surface area contributed by atoms with Crippen LogP contribution in [0.1, 0.15) is 50.2 Å². The Hall–Kier alpha value is -2.68. The van der Waals surface area contributed by atoms with Crippen molar-refractivity contribution in [3.8, 4) is 5.75 Å². The fourth-order valence-corrected chi connectivity index (χ4v) is 6.20. The van der Waals surface area contributed by atoms with Gasteiger partial charge in [0.15, 0.2) is 0 Å². The number of aliphatic carboxylic acids is 1. The number of rotatable bonds is 13. The summed E-state index contributed by atoms with van der Waals surface area (Å²) in [6.45, 7) is 2.99. The number of fused-ring (bicyclic) bond motifs is 1. The summed E-state index contributed by atoms with van der Waals surface area (Å²) in [6, 6.07) is 11.7. The third-order valence-corrected chi connectivity index (χ3v) is 8.49. The van der Waals surface area contributed by atoms with Crippen LogP contribution in [0.2, 0.25) is 0 Å². The average Bonchev–Trinajstić information content (AvgIpc) is 2.93. The van der Waals surface area contributed by atoms with Crippen LogP contribution < -0.4 is 4.74 Å². The number of carboxylic acids is 1. The Morgan fingerprint density at radius 3 is 2.78 bits per heavy atom. The molecular weight excluding hydrogens is 486 g/mol. The van der Waals surface area contributed by atoms with Gasteiger partial charge >= 0.3 is 5.97 Å². The zero-order chi connectivity index (χ0) is 26.0. The molecule has 0 bridgehead atoms. The number of methoxy groups -OCH3 is 1. The van der Waals surface area contributed by atoms with Crippen molar-refractivity contribution in [1.82, 2.24) is 14.9 Å². The molecule has 1 aromatic carbocycles. The number of nitrogens with zero attached hydrogens (tertiary/aromatic N) is 3. The van der Waals surface area contributed by atoms with Gasteiger partial charge in [0, 0.05) is 41.8 Å². The molecule has 1 saturated heterocycles. The van der Waals surface area contributed by atoms with Crippen molar-refractivity contribution in [2.45, 2.75) is 49.5 Å². The topological polar surface area (TPSA) is 95.8 Å². The molecule has 7 nitrogen and oxygen atoms in total. The summed E-state index contributed by atoms with van der Waals surface area (Å²) in [6.07, 6.45) is 9.35. The molecule has 0 aliphatic carbocycles. The molecule has 0 radical (unpaired) electrons. The van der Waals surface area contributed by atoms with E-state index in [0.717, 1.165) is 66.9 Å². The SMILES string of the molecule is COc1ccc2nccc(C(O)CC[C@@H]3CCN(CCCSc4ccncc4)C[C@@H]3CCC(=O)O)c2c1. The number of ether oxygens (including phenoxy) is 1. The molecular formula is C29H37N3O4S. The maximum absolute atomic E-state index is 11.3. The number of pyridine rings is 2. The number of aromatic nitrogens is 2. The van der Waals surface area contributed by atoms with Crippen LogP contribution in [0.5, 0.6) is 5.75 Å². The summed E-state index contributed by atoms with van der Waals surface area (Å²) >= 11 is 1.85. The number of likely N-dealkylation sites (tertiary alicyclic amines) is 1. The minimum absolute atomic E-state index is 0.199. The zero-order valence-electron chi connectivity index (χ0n) is 21.5. The zero-order valence-corrected chi connectivity index (χ0v) is 22.3. The van der Waals surface area contributed by atoms with Crippen LogP contribution >= 0.6 is 11.8 Å². The van der Waals surface area contributed by atoms with E-state index in [0.29, 0.717) is 24.7 Å². The maximum Gasteiger partial charge on any atom is 0.303 e. The fraction of sp³-hybridized carbons (Fsp3) is 0.483. The highest BCUT2D eigenvalue weighted by Gasteiger charge is 2.30. The van der Waals surface area contributed by atoms with Gasteiger partial charge in [-0.1, -0.05) is 0 Å². The van der Waals surface area contributed by atoms with E-state index < -0.39 is 12.1 Å². The first kappa shape index (κ1) is 27.4. The molecule has 4 rings (SSSR count). The van der Waals surface area contributed by atoms with Gasteiger partial charge in [0.1, 0.15) is 5.75 Å². The van der Waals surface area contributed by atoms with Gasteiger partial charge in [0.2, 0.25) is 0 Å². The van der Waals surface area contributed by atoms with Crippen molar-refractivity contribution in [3.63, 3.8) is 0 Å². The number of aliphatic hydroxyl groups excluding tert-OH is 1. The number of thioether (sulfide) groups is 1. The number of piperidine rings is 1. The smallest absolute Gasteiger partial charge is 0.303 e. The molecule has 198 valence electrons. The molecule has 2 aromatic heterocycles. The first-order valence-corrected chi connectivity index (χ1v) is 14.1. The Balaban J connectivity index is 1.32. The first-order valence-electron chi connectivity index (χ1n) is 13.1. The van der Waals surface area contributed by atoms with Gasteiger partial charge in [0.05, 0.1) is 18.7 Å². The minimum atomic E-state index is -0.734. The van der Waals surface area contributed by atoms with Crippen LogP contribution in [0.25, 0.3) is 10.9 Å². The third kappa shape index (κ3) is 7.90. The molecule has 0 saturated carbocycles. The van der Waals surface area contributed by atoms with Crippen LogP contribution in [0.15, 0.2) is 59.9 Å². The summed E-state index contributed by atoms with van der Waals surface area (Å²) in [5.74, 6) is 1.81. The van der Waals surface area contributed by atoms with Crippen LogP contribution in [-0.4, -0.2) is 63.5 Å². The highest BCUT2D eigenvalue weighted by Crippen LogP contribution is 2.35. The molecule has 1 aliphatic heterocycles. The van der Waals surface area contributed by atoms with Crippen molar-refractivity contribution in [2.75, 3.05) is 32.5 Å². The maximum atomic E-state index is 11.3. The molecule has 2 N–H and O–H groups in total. The molecule has 3 atom stereocenters. The van der Waals surface area contributed by atoms with Crippen molar-refractivity contribution < 1.29 is 19.7 Å². The lowest BCUT2D eigenvalue weighted by atomic mass is 9.79. The van der Waals surface area contributed by atoms with Gasteiger partial charge in [-0.05, 0) is 105 Å². The quantitative estimate of drug-likeness (QED) is 0.226. The summed E-state index contributed by atoms with van der Waals surface area (Å²) in [5.41, 5.74) is 1.71. The monoisotopic (exact) mass is 523 g/mol. The normalized spacial score (nSPS) is 19.1. The lowest BCUT2D eigenvalue weighted by Crippen LogP contribution is -2.41. The second-order valence-electron chi connectivity index (χ2n) is 9.80. The van der Waals surface area contributed by atoms with E-state index in [1.54, 1.807) is 13.3 Å². The van der Waals surface area contributed by atoms with Crippen LogP contribution in [-0.2, 0) is 4.79 Å². The number of aliphatic hydroxyl groups is 1. The highest BCUT2D eigenvalue weighted by atomic mass is 32.2. The van der Waals surface area contributed by atoms with Crippen molar-refractivity contribution in [2.24, 2.45) is 11.8 Å². The summed E-state index contributed by atoms with van der Waals surface area (Å²) in [4.78, 5) is 23.6. The average molecular weight is 524 g/mol. The molecule has 3 aromatic rings. The highest BCUT2D eigenvalue weighted by molar-refractivity contribution is 7.99. The van der Waals surface area contributed by atoms with E-state index in [1.807, 2.05) is 60.6 Å². The minimum Gasteiger partial charge on any atom is -0.497 e. The standard InChI is InChI=1S/C29H37N3O4S/c1-36-23-5-6-27-26(19-23)25(11-15-31-27)28(33)7-3-21-12-17-32(20-22(21)4-8-29(34)35)16-2-18-37-24-9-13-30-14-10-24/h5-6,9-11,13-15,19,21-22,28,33H,2-4,7-8,12,16-18,20H2,1H3,(H,34,35)/t21-,22+,28?/m1/s1. The van der Waals surface area contributed by atoms with Gasteiger partial charge in [-0.3, -0.25) is 14.8 Å². The van der Waals surface area contributed by atoms with E-state index in [2.05, 4.69) is 14.9 Å². The third-order valence-electron chi connectivity index (χ3n) is 7.39. The molecule has 8 heteroatoms. The van der Waals surface area contributed by atoms with Crippen molar-refractivity contribution >= 4 is 28.6 Å². The predicted molar refractivity (Wildman–Crippen MR) is 147 cm³/mol. The number of hydrogen-bond acceptors (Lipinski definition) is 7. The summed E-state index contributed by atoms with van der Waals surface area (Å²) in [5, 5.41) is 21.4. The van der Waals surface area contributed by atoms with E-state index in [4.69, 9.17) is 4.74 Å². The van der Waals surface area contributed by atoms with E-state index in [9.17, 15) is 15.0 Å². The molecule has 3 heterocycles. The Morgan fingerprint density at radius 2 is 2.00 bits per heavy atom. The molecule has 0 amide bonds. The van der Waals surface area contributed by atoms with Crippen molar-refractivity contribution in [3.05, 3.63) is 60.6 Å². The lowest BCUT2D eigenvalue weighted by Gasteiger charge is -2.39. The van der Waals surface area contributed by atoms with Gasteiger partial charge in [-0.2, -0.15) is 0 Å². The second kappa shape index (κ2) is 13.7. The van der Waals surface area contributed by atoms with Gasteiger partial charge < -0.3 is 19.8 Å². The molecule has 0 spiro atoms. The van der Waals surface area contributed by atoms with Gasteiger partial charge in [-0.15, -0.1) is 11.8 Å². The largest absolute Gasteiger partial charge is 0.497 e. The van der Waals surface area contributed by atoms with Gasteiger partial charge in [-0.25, -0.2) is 0 Å². The van der Waals surface area contributed by atoms with Crippen molar-refractivity contribution in [1.29, 1.82) is 0 Å². The van der Waals surface area contributed by atoms with Crippen LogP contribution in [0.3, 0.4) is 0 Å². The molecule has 1 aliphatic rings. The predicted octanol–water partition coefficient (Wildman–Crippen LogP) is 5.44. The van der Waals surface area contributed by atoms with E-state index >= 15 is 0 Å². The Bertz CT molecular complexity index is 1150. The molecule has 37 heavy (non-hydrogen) atoms. The molecule has 1 unspecified atom stereocenters. The van der Waals surface area contributed by atoms with Crippen LogP contribution in [0, 0.1) is 11.8 Å². The second-order valence-corrected chi connectivity index (χ2v) is 11.0. The van der Waals surface area contributed by atoms with E-state index in [-0.39, 0.29) is 6.42 Å². The molecule has 1 fully saturated rings. The number of benzene rings is 1. The van der Waals surface area contributed by atoms with Crippen LogP contribution in [0.4, 0.5) is 0 Å².